The first kappa shape index (κ1) is 18.7. The Kier molecular flexibility index (Phi) is 6.53. The van der Waals surface area contributed by atoms with E-state index in [9.17, 15) is 4.79 Å². The number of aryl methyl sites for hydroxylation is 1. The van der Waals surface area contributed by atoms with Gasteiger partial charge in [-0.2, -0.15) is 0 Å². The number of hydrogen-bond acceptors (Lipinski definition) is 3. The van der Waals surface area contributed by atoms with Gasteiger partial charge in [0.1, 0.15) is 0 Å². The van der Waals surface area contributed by atoms with Crippen LogP contribution in [0.15, 0.2) is 48.5 Å². The zero-order chi connectivity index (χ0) is 18.4. The average molecular weight is 372 g/mol. The second kappa shape index (κ2) is 9.06. The van der Waals surface area contributed by atoms with Crippen LogP contribution in [0.4, 0.5) is 5.69 Å². The van der Waals surface area contributed by atoms with Gasteiger partial charge in [-0.05, 0) is 42.3 Å². The first-order valence-electron chi connectivity index (χ1n) is 9.15. The highest BCUT2D eigenvalue weighted by atomic mass is 35.5. The fourth-order valence-corrected chi connectivity index (χ4v) is 3.33. The van der Waals surface area contributed by atoms with Gasteiger partial charge in [-0.3, -0.25) is 9.69 Å². The maximum absolute atomic E-state index is 12.1. The van der Waals surface area contributed by atoms with Crippen molar-refractivity contribution in [3.05, 3.63) is 64.7 Å². The molecule has 1 heterocycles. The van der Waals surface area contributed by atoms with Gasteiger partial charge in [-0.25, -0.2) is 0 Å². The molecule has 4 nitrogen and oxygen atoms in total. The number of hydrogen-bond donors (Lipinski definition) is 1. The molecular weight excluding hydrogens is 346 g/mol. The number of halogens is 1. The molecule has 2 aromatic carbocycles. The van der Waals surface area contributed by atoms with Gasteiger partial charge in [0.15, 0.2) is 0 Å². The molecule has 26 heavy (non-hydrogen) atoms. The molecule has 0 spiro atoms. The summed E-state index contributed by atoms with van der Waals surface area (Å²) in [6.45, 7) is 7.51. The van der Waals surface area contributed by atoms with Crippen molar-refractivity contribution in [2.75, 3.05) is 37.6 Å². The zero-order valence-electron chi connectivity index (χ0n) is 15.2. The normalized spacial score (nSPS) is 15.1. The van der Waals surface area contributed by atoms with E-state index in [4.69, 9.17) is 11.6 Å². The third-order valence-electron chi connectivity index (χ3n) is 4.80. The number of carbonyl (C=O) groups is 1. The number of nitrogens with one attached hydrogen (secondary N) is 1. The van der Waals surface area contributed by atoms with Crippen LogP contribution < -0.4 is 10.2 Å². The number of amides is 1. The Morgan fingerprint density at radius 3 is 2.50 bits per heavy atom. The molecule has 1 amide bonds. The van der Waals surface area contributed by atoms with Crippen LogP contribution in [0.25, 0.3) is 0 Å². The van der Waals surface area contributed by atoms with Crippen LogP contribution in [-0.2, 0) is 11.3 Å². The number of piperazine rings is 1. The van der Waals surface area contributed by atoms with Crippen LogP contribution in [0, 0.1) is 6.92 Å². The molecule has 0 saturated carbocycles. The Labute approximate surface area is 160 Å². The van der Waals surface area contributed by atoms with Gasteiger partial charge in [0.2, 0.25) is 5.91 Å². The number of rotatable bonds is 6. The largest absolute Gasteiger partial charge is 0.369 e. The molecule has 0 aromatic heterocycles. The highest BCUT2D eigenvalue weighted by Crippen LogP contribution is 2.17. The van der Waals surface area contributed by atoms with Crippen molar-refractivity contribution in [1.29, 1.82) is 0 Å². The van der Waals surface area contributed by atoms with Gasteiger partial charge in [0.05, 0.1) is 0 Å². The van der Waals surface area contributed by atoms with Crippen molar-refractivity contribution >= 4 is 23.2 Å². The van der Waals surface area contributed by atoms with Crippen LogP contribution in [0.5, 0.6) is 0 Å². The van der Waals surface area contributed by atoms with E-state index < -0.39 is 0 Å². The number of anilines is 1. The summed E-state index contributed by atoms with van der Waals surface area (Å²) in [4.78, 5) is 16.9. The average Bonchev–Trinajstić information content (AvgIpc) is 2.66. The lowest BCUT2D eigenvalue weighted by Gasteiger charge is -2.36. The van der Waals surface area contributed by atoms with Crippen molar-refractivity contribution in [2.24, 2.45) is 0 Å². The zero-order valence-corrected chi connectivity index (χ0v) is 16.0. The first-order chi connectivity index (χ1) is 12.6. The van der Waals surface area contributed by atoms with E-state index in [2.05, 4.69) is 46.3 Å². The van der Waals surface area contributed by atoms with Crippen molar-refractivity contribution in [2.45, 2.75) is 19.9 Å². The van der Waals surface area contributed by atoms with Gasteiger partial charge in [0.25, 0.3) is 0 Å². The van der Waals surface area contributed by atoms with E-state index in [0.717, 1.165) is 38.3 Å². The minimum atomic E-state index is 0.0982. The van der Waals surface area contributed by atoms with Gasteiger partial charge < -0.3 is 10.2 Å². The van der Waals surface area contributed by atoms with Gasteiger partial charge >= 0.3 is 0 Å². The minimum Gasteiger partial charge on any atom is -0.369 e. The van der Waals surface area contributed by atoms with E-state index in [1.54, 1.807) is 0 Å². The summed E-state index contributed by atoms with van der Waals surface area (Å²) in [5.74, 6) is 0.0982. The summed E-state index contributed by atoms with van der Waals surface area (Å²) < 4.78 is 0. The van der Waals surface area contributed by atoms with Crippen molar-refractivity contribution in [3.63, 3.8) is 0 Å². The van der Waals surface area contributed by atoms with Gasteiger partial charge in [-0.1, -0.05) is 35.9 Å². The lowest BCUT2D eigenvalue weighted by Crippen LogP contribution is -2.47. The highest BCUT2D eigenvalue weighted by Gasteiger charge is 2.17. The summed E-state index contributed by atoms with van der Waals surface area (Å²) in [6, 6.07) is 16.2. The van der Waals surface area contributed by atoms with Gasteiger partial charge in [-0.15, -0.1) is 0 Å². The maximum atomic E-state index is 12.1. The van der Waals surface area contributed by atoms with Crippen LogP contribution in [-0.4, -0.2) is 43.5 Å². The van der Waals surface area contributed by atoms with Crippen molar-refractivity contribution in [3.8, 4) is 0 Å². The molecule has 3 rings (SSSR count). The highest BCUT2D eigenvalue weighted by molar-refractivity contribution is 6.30. The van der Waals surface area contributed by atoms with Crippen molar-refractivity contribution in [1.82, 2.24) is 10.2 Å². The molecule has 2 aromatic rings. The third kappa shape index (κ3) is 5.48. The van der Waals surface area contributed by atoms with E-state index in [1.807, 2.05) is 24.3 Å². The van der Waals surface area contributed by atoms with E-state index in [-0.39, 0.29) is 5.91 Å². The molecule has 0 bridgehead atoms. The van der Waals surface area contributed by atoms with Crippen LogP contribution >= 0.6 is 11.6 Å². The fourth-order valence-electron chi connectivity index (χ4n) is 3.21. The Balaban J connectivity index is 1.36. The minimum absolute atomic E-state index is 0.0982. The van der Waals surface area contributed by atoms with E-state index >= 15 is 0 Å². The Morgan fingerprint density at radius 2 is 1.81 bits per heavy atom. The van der Waals surface area contributed by atoms with Crippen LogP contribution in [0.2, 0.25) is 5.02 Å². The molecule has 1 fully saturated rings. The lowest BCUT2D eigenvalue weighted by atomic mass is 10.2. The molecule has 0 unspecified atom stereocenters. The Bertz CT molecular complexity index is 724. The predicted octanol–water partition coefficient (Wildman–Crippen LogP) is 3.48. The maximum Gasteiger partial charge on any atom is 0.221 e. The molecule has 0 radical (unpaired) electrons. The molecule has 1 saturated heterocycles. The summed E-state index contributed by atoms with van der Waals surface area (Å²) >= 11 is 5.87. The van der Waals surface area contributed by atoms with E-state index in [1.165, 1.54) is 11.3 Å². The molecule has 0 aliphatic carbocycles. The number of nitrogens with zero attached hydrogens (tertiary/aromatic N) is 2. The predicted molar refractivity (Wildman–Crippen MR) is 108 cm³/mol. The second-order valence-corrected chi connectivity index (χ2v) is 7.26. The standard InChI is InChI=1S/C21H26ClN3O/c1-17-3-2-4-20(15-17)25-13-11-24(12-14-25)10-9-21(26)23-16-18-5-7-19(22)8-6-18/h2-8,15H,9-14,16H2,1H3,(H,23,26). The van der Waals surface area contributed by atoms with Crippen LogP contribution in [0.3, 0.4) is 0 Å². The van der Waals surface area contributed by atoms with Crippen molar-refractivity contribution < 1.29 is 4.79 Å². The number of carbonyl (C=O) groups excluding carboxylic acids is 1. The SMILES string of the molecule is Cc1cccc(N2CCN(CCC(=O)NCc3ccc(Cl)cc3)CC2)c1. The second-order valence-electron chi connectivity index (χ2n) is 6.82. The summed E-state index contributed by atoms with van der Waals surface area (Å²) in [5.41, 5.74) is 3.65. The topological polar surface area (TPSA) is 35.6 Å². The Morgan fingerprint density at radius 1 is 1.08 bits per heavy atom. The molecule has 0 atom stereocenters. The monoisotopic (exact) mass is 371 g/mol. The van der Waals surface area contributed by atoms with Gasteiger partial charge in [0, 0.05) is 56.4 Å². The Hall–Kier alpha value is -2.04. The molecule has 1 aliphatic rings. The molecule has 138 valence electrons. The molecule has 1 aliphatic heterocycles. The molecule has 1 N–H and O–H groups in total. The first-order valence-corrected chi connectivity index (χ1v) is 9.53. The smallest absolute Gasteiger partial charge is 0.221 e. The fraction of sp³-hybridized carbons (Fsp3) is 0.381. The summed E-state index contributed by atoms with van der Waals surface area (Å²) in [5, 5.41) is 3.69. The number of benzene rings is 2. The van der Waals surface area contributed by atoms with Crippen LogP contribution in [0.1, 0.15) is 17.5 Å². The third-order valence-corrected chi connectivity index (χ3v) is 5.05. The summed E-state index contributed by atoms with van der Waals surface area (Å²) in [6.07, 6.45) is 0.540. The molecular formula is C21H26ClN3O. The lowest BCUT2D eigenvalue weighted by molar-refractivity contribution is -0.121. The quantitative estimate of drug-likeness (QED) is 0.844. The molecule has 5 heteroatoms. The van der Waals surface area contributed by atoms with E-state index in [0.29, 0.717) is 18.0 Å². The summed E-state index contributed by atoms with van der Waals surface area (Å²) in [7, 11) is 0.